The molecule has 1 saturated heterocycles. The van der Waals surface area contributed by atoms with E-state index in [1.807, 2.05) is 25.3 Å². The molecule has 0 spiro atoms. The number of hydrogen-bond acceptors (Lipinski definition) is 5. The van der Waals surface area contributed by atoms with Crippen LogP contribution in [0.2, 0.25) is 0 Å². The summed E-state index contributed by atoms with van der Waals surface area (Å²) in [5.74, 6) is 1.09. The summed E-state index contributed by atoms with van der Waals surface area (Å²) in [4.78, 5) is 12.8. The van der Waals surface area contributed by atoms with Crippen LogP contribution in [0.25, 0.3) is 11.4 Å². The van der Waals surface area contributed by atoms with Crippen molar-refractivity contribution in [2.24, 2.45) is 13.0 Å². The fraction of sp³-hybridized carbons (Fsp3) is 0.421. The first-order chi connectivity index (χ1) is 13.4. The highest BCUT2D eigenvalue weighted by Gasteiger charge is 2.32. The monoisotopic (exact) mass is 400 g/mol. The Morgan fingerprint density at radius 3 is 2.82 bits per heavy atom. The maximum absolute atomic E-state index is 12.9. The number of hydrogen-bond donors (Lipinski definition) is 0. The van der Waals surface area contributed by atoms with Gasteiger partial charge in [0.2, 0.25) is 0 Å². The summed E-state index contributed by atoms with van der Waals surface area (Å²) in [7, 11) is -1.79. The molecular formula is C19H24N6O2S. The van der Waals surface area contributed by atoms with Crippen molar-refractivity contribution < 1.29 is 8.42 Å². The molecule has 0 radical (unpaired) electrons. The van der Waals surface area contributed by atoms with Crippen LogP contribution in [-0.2, 0) is 23.6 Å². The number of sulfonamides is 1. The van der Waals surface area contributed by atoms with Crippen LogP contribution >= 0.6 is 0 Å². The molecule has 0 aliphatic carbocycles. The van der Waals surface area contributed by atoms with Crippen molar-refractivity contribution in [1.29, 1.82) is 0 Å². The molecule has 0 N–H and O–H groups in total. The van der Waals surface area contributed by atoms with Gasteiger partial charge in [0.05, 0.1) is 6.33 Å². The average Bonchev–Trinajstić information content (AvgIpc) is 3.30. The van der Waals surface area contributed by atoms with Crippen molar-refractivity contribution in [3.63, 3.8) is 0 Å². The highest BCUT2D eigenvalue weighted by Crippen LogP contribution is 2.26. The van der Waals surface area contributed by atoms with Gasteiger partial charge in [-0.05, 0) is 37.8 Å². The van der Waals surface area contributed by atoms with Gasteiger partial charge in [-0.15, -0.1) is 0 Å². The summed E-state index contributed by atoms with van der Waals surface area (Å²) in [6.07, 6.45) is 10.3. The Hall–Kier alpha value is -2.52. The minimum Gasteiger partial charge on any atom is -0.339 e. The zero-order valence-electron chi connectivity index (χ0n) is 16.1. The molecule has 0 aromatic carbocycles. The Labute approximate surface area is 164 Å². The van der Waals surface area contributed by atoms with Crippen molar-refractivity contribution in [3.8, 4) is 11.4 Å². The van der Waals surface area contributed by atoms with E-state index in [0.29, 0.717) is 13.1 Å². The Morgan fingerprint density at radius 2 is 2.11 bits per heavy atom. The normalized spacial score (nSPS) is 18.4. The molecule has 1 aliphatic heterocycles. The van der Waals surface area contributed by atoms with Crippen molar-refractivity contribution in [2.75, 3.05) is 13.1 Å². The molecule has 3 aromatic heterocycles. The van der Waals surface area contributed by atoms with E-state index in [1.165, 1.54) is 6.33 Å². The molecule has 148 valence electrons. The van der Waals surface area contributed by atoms with Gasteiger partial charge in [-0.1, -0.05) is 0 Å². The Morgan fingerprint density at radius 1 is 1.25 bits per heavy atom. The highest BCUT2D eigenvalue weighted by molar-refractivity contribution is 7.89. The van der Waals surface area contributed by atoms with Crippen LogP contribution in [0.3, 0.4) is 0 Å². The van der Waals surface area contributed by atoms with Crippen LogP contribution in [0, 0.1) is 12.8 Å². The van der Waals surface area contributed by atoms with Crippen molar-refractivity contribution in [3.05, 3.63) is 48.9 Å². The third-order valence-electron chi connectivity index (χ3n) is 5.18. The Kier molecular flexibility index (Phi) is 5.03. The molecule has 4 rings (SSSR count). The highest BCUT2D eigenvalue weighted by atomic mass is 32.2. The van der Waals surface area contributed by atoms with E-state index >= 15 is 0 Å². The summed E-state index contributed by atoms with van der Waals surface area (Å²) < 4.78 is 31.2. The predicted molar refractivity (Wildman–Crippen MR) is 105 cm³/mol. The first-order valence-corrected chi connectivity index (χ1v) is 10.8. The lowest BCUT2D eigenvalue weighted by molar-refractivity contribution is 0.244. The number of aryl methyl sites for hydroxylation is 2. The maximum Gasteiger partial charge on any atom is 0.262 e. The van der Waals surface area contributed by atoms with Gasteiger partial charge in [-0.2, -0.15) is 4.31 Å². The van der Waals surface area contributed by atoms with Gasteiger partial charge in [0.1, 0.15) is 5.82 Å². The largest absolute Gasteiger partial charge is 0.339 e. The second kappa shape index (κ2) is 7.48. The van der Waals surface area contributed by atoms with Crippen molar-refractivity contribution >= 4 is 10.0 Å². The molecule has 0 bridgehead atoms. The molecule has 1 atom stereocenters. The van der Waals surface area contributed by atoms with Gasteiger partial charge >= 0.3 is 0 Å². The standard InChI is InChI=1S/C19H24N6O2S/c1-15-9-21-19(17-6-3-7-20-10-17)25(15)12-16-5-4-8-24(11-16)28(26,27)18-13-23(2)14-22-18/h3,6-7,9-10,13-14,16H,4-5,8,11-12H2,1-2H3. The van der Waals surface area contributed by atoms with Gasteiger partial charge in [0, 0.05) is 62.7 Å². The van der Waals surface area contributed by atoms with Crippen LogP contribution in [0.4, 0.5) is 0 Å². The minimum absolute atomic E-state index is 0.116. The number of rotatable bonds is 5. The summed E-state index contributed by atoms with van der Waals surface area (Å²) in [5.41, 5.74) is 2.02. The first kappa shape index (κ1) is 18.8. The summed E-state index contributed by atoms with van der Waals surface area (Å²) >= 11 is 0. The number of aromatic nitrogens is 5. The molecule has 4 heterocycles. The number of piperidine rings is 1. The van der Waals surface area contributed by atoms with Gasteiger partial charge in [0.15, 0.2) is 5.03 Å². The number of pyridine rings is 1. The molecular weight excluding hydrogens is 376 g/mol. The minimum atomic E-state index is -3.56. The predicted octanol–water partition coefficient (Wildman–Crippen LogP) is 2.09. The average molecular weight is 401 g/mol. The van der Waals surface area contributed by atoms with Crippen LogP contribution in [0.5, 0.6) is 0 Å². The van der Waals surface area contributed by atoms with Crippen molar-refractivity contribution in [1.82, 2.24) is 28.4 Å². The van der Waals surface area contributed by atoms with E-state index in [-0.39, 0.29) is 10.9 Å². The third kappa shape index (κ3) is 3.59. The number of nitrogens with zero attached hydrogens (tertiary/aromatic N) is 6. The fourth-order valence-corrected chi connectivity index (χ4v) is 5.24. The SMILES string of the molecule is Cc1cnc(-c2cccnc2)n1CC1CCCN(S(=O)(=O)c2cn(C)cn2)C1. The summed E-state index contributed by atoms with van der Waals surface area (Å²) in [5, 5.41) is 0.116. The number of imidazole rings is 2. The van der Waals surface area contributed by atoms with Crippen LogP contribution in [0.1, 0.15) is 18.5 Å². The molecule has 0 saturated carbocycles. The molecule has 1 aliphatic rings. The molecule has 0 amide bonds. The van der Waals surface area contributed by atoms with E-state index in [9.17, 15) is 8.42 Å². The van der Waals surface area contributed by atoms with E-state index < -0.39 is 10.0 Å². The Bertz CT molecular complexity index is 1060. The van der Waals surface area contributed by atoms with Crippen LogP contribution in [-0.4, -0.2) is 49.9 Å². The summed E-state index contributed by atoms with van der Waals surface area (Å²) in [6, 6.07) is 3.88. The van der Waals surface area contributed by atoms with E-state index in [0.717, 1.165) is 36.5 Å². The lowest BCUT2D eigenvalue weighted by atomic mass is 9.99. The van der Waals surface area contributed by atoms with Gasteiger partial charge < -0.3 is 9.13 Å². The second-order valence-electron chi connectivity index (χ2n) is 7.32. The lowest BCUT2D eigenvalue weighted by Gasteiger charge is -2.32. The van der Waals surface area contributed by atoms with E-state index in [1.54, 1.807) is 34.5 Å². The zero-order valence-corrected chi connectivity index (χ0v) is 16.9. The van der Waals surface area contributed by atoms with Crippen LogP contribution < -0.4 is 0 Å². The molecule has 3 aromatic rings. The van der Waals surface area contributed by atoms with E-state index in [2.05, 4.69) is 19.5 Å². The van der Waals surface area contributed by atoms with Gasteiger partial charge in [-0.3, -0.25) is 4.98 Å². The topological polar surface area (TPSA) is 85.9 Å². The molecule has 28 heavy (non-hydrogen) atoms. The van der Waals surface area contributed by atoms with Gasteiger partial charge in [0.25, 0.3) is 10.0 Å². The zero-order chi connectivity index (χ0) is 19.7. The Balaban J connectivity index is 1.55. The van der Waals surface area contributed by atoms with Crippen LogP contribution in [0.15, 0.2) is 48.3 Å². The molecule has 8 nitrogen and oxygen atoms in total. The molecule has 1 unspecified atom stereocenters. The third-order valence-corrected chi connectivity index (χ3v) is 6.93. The second-order valence-corrected chi connectivity index (χ2v) is 9.21. The lowest BCUT2D eigenvalue weighted by Crippen LogP contribution is -2.41. The summed E-state index contributed by atoms with van der Waals surface area (Å²) in [6.45, 7) is 3.78. The quantitative estimate of drug-likeness (QED) is 0.655. The molecule has 9 heteroatoms. The maximum atomic E-state index is 12.9. The van der Waals surface area contributed by atoms with Crippen molar-refractivity contribution in [2.45, 2.75) is 31.3 Å². The molecule has 1 fully saturated rings. The first-order valence-electron chi connectivity index (χ1n) is 9.36. The van der Waals surface area contributed by atoms with E-state index in [4.69, 9.17) is 0 Å². The van der Waals surface area contributed by atoms with Gasteiger partial charge in [-0.25, -0.2) is 18.4 Å². The fourth-order valence-electron chi connectivity index (χ4n) is 3.72. The smallest absolute Gasteiger partial charge is 0.262 e.